The Labute approximate surface area is 132 Å². The van der Waals surface area contributed by atoms with E-state index < -0.39 is 22.8 Å². The second-order valence-corrected chi connectivity index (χ2v) is 5.19. The third kappa shape index (κ3) is 4.17. The highest BCUT2D eigenvalue weighted by Gasteiger charge is 2.27. The van der Waals surface area contributed by atoms with Crippen LogP contribution >= 0.6 is 11.6 Å². The first kappa shape index (κ1) is 17.9. The van der Waals surface area contributed by atoms with Crippen LogP contribution in [-0.4, -0.2) is 30.0 Å². The van der Waals surface area contributed by atoms with Crippen molar-refractivity contribution in [1.82, 2.24) is 5.32 Å². The summed E-state index contributed by atoms with van der Waals surface area (Å²) < 4.78 is 4.67. The number of nitrogens with zero attached hydrogens (tertiary/aromatic N) is 1. The molecule has 0 saturated carbocycles. The molecule has 1 N–H and O–H groups in total. The molecule has 8 heteroatoms. The lowest BCUT2D eigenvalue weighted by Gasteiger charge is -2.21. The van der Waals surface area contributed by atoms with E-state index in [4.69, 9.17) is 11.6 Å². The number of hydrogen-bond acceptors (Lipinski definition) is 5. The minimum absolute atomic E-state index is 0.0494. The highest BCUT2D eigenvalue weighted by atomic mass is 35.5. The molecule has 0 aliphatic heterocycles. The Hall–Kier alpha value is -2.15. The van der Waals surface area contributed by atoms with Gasteiger partial charge in [-0.05, 0) is 18.1 Å². The summed E-state index contributed by atoms with van der Waals surface area (Å²) in [5.74, 6) is -1.31. The molecule has 7 nitrogen and oxygen atoms in total. The summed E-state index contributed by atoms with van der Waals surface area (Å²) in [6.45, 7) is 3.67. The highest BCUT2D eigenvalue weighted by Crippen LogP contribution is 2.25. The molecule has 22 heavy (non-hydrogen) atoms. The maximum Gasteiger partial charge on any atom is 0.328 e. The summed E-state index contributed by atoms with van der Waals surface area (Å²) in [4.78, 5) is 34.1. The van der Waals surface area contributed by atoms with Gasteiger partial charge in [-0.3, -0.25) is 14.9 Å². The smallest absolute Gasteiger partial charge is 0.328 e. The molecule has 1 amide bonds. The van der Waals surface area contributed by atoms with E-state index in [1.807, 2.05) is 6.92 Å². The Bertz CT molecular complexity index is 591. The molecule has 1 aromatic rings. The number of nitro benzene ring substituents is 1. The normalized spacial score (nSPS) is 13.1. The Balaban J connectivity index is 3.02. The van der Waals surface area contributed by atoms with Crippen LogP contribution in [0.15, 0.2) is 18.2 Å². The molecular weight excluding hydrogens is 312 g/mol. The standard InChI is InChI=1S/C14H17ClN2O5/c1-4-8(2)12(14(19)22-3)16-13(18)9-5-6-10(15)11(7-9)17(20)21/h5-8,12H,4H2,1-3H3,(H,16,18)/t8-,12-/m1/s1. The molecule has 0 spiro atoms. The fourth-order valence-corrected chi connectivity index (χ4v) is 2.00. The Morgan fingerprint density at radius 2 is 2.09 bits per heavy atom. The number of carbonyl (C=O) groups excluding carboxylic acids is 2. The minimum atomic E-state index is -0.822. The van der Waals surface area contributed by atoms with E-state index in [1.54, 1.807) is 6.92 Å². The Morgan fingerprint density at radius 1 is 1.45 bits per heavy atom. The fraction of sp³-hybridized carbons (Fsp3) is 0.429. The van der Waals surface area contributed by atoms with Crippen LogP contribution in [0.25, 0.3) is 0 Å². The Kier molecular flexibility index (Phi) is 6.30. The molecule has 0 saturated heterocycles. The van der Waals surface area contributed by atoms with Gasteiger partial charge in [0.15, 0.2) is 0 Å². The molecule has 0 aliphatic carbocycles. The van der Waals surface area contributed by atoms with Crippen LogP contribution in [-0.2, 0) is 9.53 Å². The first-order chi connectivity index (χ1) is 10.3. The van der Waals surface area contributed by atoms with Crippen molar-refractivity contribution in [2.75, 3.05) is 7.11 Å². The number of carbonyl (C=O) groups is 2. The lowest BCUT2D eigenvalue weighted by molar-refractivity contribution is -0.384. The number of halogens is 1. The zero-order valence-corrected chi connectivity index (χ0v) is 13.2. The second kappa shape index (κ2) is 7.74. The van der Waals surface area contributed by atoms with E-state index in [9.17, 15) is 19.7 Å². The van der Waals surface area contributed by atoms with Gasteiger partial charge in [0.25, 0.3) is 11.6 Å². The average molecular weight is 329 g/mol. The van der Waals surface area contributed by atoms with Crippen LogP contribution < -0.4 is 5.32 Å². The molecule has 0 fully saturated rings. The first-order valence-electron chi connectivity index (χ1n) is 6.64. The largest absolute Gasteiger partial charge is 0.467 e. The fourth-order valence-electron chi connectivity index (χ4n) is 1.81. The number of esters is 1. The van der Waals surface area contributed by atoms with Crippen molar-refractivity contribution in [2.24, 2.45) is 5.92 Å². The second-order valence-electron chi connectivity index (χ2n) is 4.78. The van der Waals surface area contributed by atoms with Gasteiger partial charge in [-0.25, -0.2) is 4.79 Å². The molecule has 0 radical (unpaired) electrons. The van der Waals surface area contributed by atoms with Crippen molar-refractivity contribution in [1.29, 1.82) is 0 Å². The van der Waals surface area contributed by atoms with Crippen molar-refractivity contribution in [3.63, 3.8) is 0 Å². The number of ether oxygens (including phenoxy) is 1. The lowest BCUT2D eigenvalue weighted by atomic mass is 9.99. The van der Waals surface area contributed by atoms with Crippen molar-refractivity contribution >= 4 is 29.2 Å². The van der Waals surface area contributed by atoms with Gasteiger partial charge in [0, 0.05) is 11.6 Å². The third-order valence-electron chi connectivity index (χ3n) is 3.36. The van der Waals surface area contributed by atoms with Crippen molar-refractivity contribution < 1.29 is 19.2 Å². The minimum Gasteiger partial charge on any atom is -0.467 e. The zero-order valence-electron chi connectivity index (χ0n) is 12.5. The van der Waals surface area contributed by atoms with Gasteiger partial charge in [-0.1, -0.05) is 31.9 Å². The summed E-state index contributed by atoms with van der Waals surface area (Å²) >= 11 is 5.70. The van der Waals surface area contributed by atoms with E-state index in [2.05, 4.69) is 10.1 Å². The number of amides is 1. The predicted molar refractivity (Wildman–Crippen MR) is 80.8 cm³/mol. The maximum atomic E-state index is 12.2. The zero-order chi connectivity index (χ0) is 16.9. The van der Waals surface area contributed by atoms with Gasteiger partial charge < -0.3 is 10.1 Å². The number of benzene rings is 1. The van der Waals surface area contributed by atoms with Crippen LogP contribution in [0.2, 0.25) is 5.02 Å². The predicted octanol–water partition coefficient (Wildman–Crippen LogP) is 2.57. The quantitative estimate of drug-likeness (QED) is 0.491. The molecule has 0 unspecified atom stereocenters. The lowest BCUT2D eigenvalue weighted by Crippen LogP contribution is -2.45. The number of methoxy groups -OCH3 is 1. The van der Waals surface area contributed by atoms with Gasteiger partial charge in [-0.15, -0.1) is 0 Å². The SMILES string of the molecule is CC[C@@H](C)[C@@H](NC(=O)c1ccc(Cl)c([N+](=O)[O-])c1)C(=O)OC. The van der Waals surface area contributed by atoms with Gasteiger partial charge in [-0.2, -0.15) is 0 Å². The van der Waals surface area contributed by atoms with Gasteiger partial charge >= 0.3 is 5.97 Å². The van der Waals surface area contributed by atoms with E-state index in [-0.39, 0.29) is 22.2 Å². The van der Waals surface area contributed by atoms with Gasteiger partial charge in [0.2, 0.25) is 0 Å². The molecule has 1 rings (SSSR count). The van der Waals surface area contributed by atoms with E-state index in [0.29, 0.717) is 6.42 Å². The summed E-state index contributed by atoms with van der Waals surface area (Å²) in [6, 6.07) is 2.88. The molecule has 0 aromatic heterocycles. The van der Waals surface area contributed by atoms with E-state index in [0.717, 1.165) is 6.07 Å². The topological polar surface area (TPSA) is 98.5 Å². The van der Waals surface area contributed by atoms with Crippen molar-refractivity contribution in [3.8, 4) is 0 Å². The molecule has 120 valence electrons. The summed E-state index contributed by atoms with van der Waals surface area (Å²) in [7, 11) is 1.23. The molecule has 0 bridgehead atoms. The van der Waals surface area contributed by atoms with Crippen LogP contribution in [0.5, 0.6) is 0 Å². The van der Waals surface area contributed by atoms with Crippen LogP contribution in [0.1, 0.15) is 30.6 Å². The first-order valence-corrected chi connectivity index (χ1v) is 7.02. The summed E-state index contributed by atoms with van der Waals surface area (Å²) in [6.07, 6.45) is 0.654. The van der Waals surface area contributed by atoms with Crippen LogP contribution in [0.3, 0.4) is 0 Å². The number of nitro groups is 1. The molecule has 0 aliphatic rings. The number of nitrogens with one attached hydrogen (secondary N) is 1. The summed E-state index contributed by atoms with van der Waals surface area (Å²) in [5, 5.41) is 13.3. The molecule has 2 atom stereocenters. The molecule has 1 aromatic carbocycles. The van der Waals surface area contributed by atoms with Crippen molar-refractivity contribution in [3.05, 3.63) is 38.9 Å². The monoisotopic (exact) mass is 328 g/mol. The third-order valence-corrected chi connectivity index (χ3v) is 3.68. The van der Waals surface area contributed by atoms with Crippen molar-refractivity contribution in [2.45, 2.75) is 26.3 Å². The molecular formula is C14H17ClN2O5. The molecule has 0 heterocycles. The number of rotatable bonds is 6. The maximum absolute atomic E-state index is 12.2. The average Bonchev–Trinajstić information content (AvgIpc) is 2.50. The van der Waals surface area contributed by atoms with Crippen LogP contribution in [0.4, 0.5) is 5.69 Å². The van der Waals surface area contributed by atoms with Gasteiger partial charge in [0.05, 0.1) is 12.0 Å². The van der Waals surface area contributed by atoms with Crippen LogP contribution in [0, 0.1) is 16.0 Å². The van der Waals surface area contributed by atoms with Gasteiger partial charge in [0.1, 0.15) is 11.1 Å². The van der Waals surface area contributed by atoms with E-state index in [1.165, 1.54) is 19.2 Å². The highest BCUT2D eigenvalue weighted by molar-refractivity contribution is 6.32. The van der Waals surface area contributed by atoms with E-state index >= 15 is 0 Å². The number of hydrogen-bond donors (Lipinski definition) is 1. The Morgan fingerprint density at radius 3 is 2.59 bits per heavy atom. The summed E-state index contributed by atoms with van der Waals surface area (Å²) in [5.41, 5.74) is -0.319.